The first-order valence-electron chi connectivity index (χ1n) is 41.6. The van der Waals surface area contributed by atoms with Crippen LogP contribution in [-0.4, -0.2) is 107 Å². The predicted molar refractivity (Wildman–Crippen MR) is 524 cm³/mol. The molecule has 0 spiro atoms. The van der Waals surface area contributed by atoms with Gasteiger partial charge in [-0.15, -0.1) is 0 Å². The summed E-state index contributed by atoms with van der Waals surface area (Å²) in [6, 6.07) is 101. The van der Waals surface area contributed by atoms with Crippen molar-refractivity contribution in [1.82, 2.24) is 69.8 Å². The second-order valence-electron chi connectivity index (χ2n) is 29.2. The number of halogens is 24. The van der Waals surface area contributed by atoms with Gasteiger partial charge in [-0.1, -0.05) is 182 Å². The second kappa shape index (κ2) is 49.3. The molecule has 0 aliphatic heterocycles. The van der Waals surface area contributed by atoms with E-state index >= 15 is 0 Å². The van der Waals surface area contributed by atoms with Gasteiger partial charge in [-0.2, -0.15) is 0 Å². The first kappa shape index (κ1) is 122. The number of pyridine rings is 14. The van der Waals surface area contributed by atoms with Crippen LogP contribution in [0.25, 0.3) is 155 Å². The monoisotopic (exact) mass is 2330 g/mol. The zero-order valence-corrected chi connectivity index (χ0v) is 83.4. The maximum Gasteiger partial charge on any atom is 2.00 e. The number of rotatable bonds is 9. The third-order valence-corrected chi connectivity index (χ3v) is 17.3. The van der Waals surface area contributed by atoms with Gasteiger partial charge in [0.15, 0.2) is 14.1 Å². The Morgan fingerprint density at radius 1 is 0.209 bits per heavy atom. The Hall–Kier alpha value is -14.5. The number of fused-ring (bicyclic) bond motifs is 12. The zero-order chi connectivity index (χ0) is 108. The van der Waals surface area contributed by atoms with Crippen molar-refractivity contribution in [3.05, 3.63) is 398 Å². The molecular weight excluding hydrogens is 2260 g/mol. The molecule has 52 heteroatoms. The SMILES string of the molecule is CCOOCC.C[N+](=O)[O-].C[N+](=O)[O-].F[P-](F)(F)(F)(F)F.F[P-](F)(F)(F)(F)F.F[P-](F)(F)(F)(F)F.F[P-](F)(F)(F)(F)F.[Ru+2].[Ru+2].c1ccc(-c2cc(-c3ccccn3)nc(-c3ccccn3)c2)cc1.c1ccc(-c2cc(-c3ccccn3)nc(-c3ccccn3)c2)cc1.c1cnc2c(c1)ccc1cccnc12.c1cnc2c(c1)ccc1cccnc12.c1cnc2c(c1)ccc1cccnc12.c1cnc2c(c1)ccc1cccnc12. The molecule has 0 atom stereocenters. The quantitative estimate of drug-likeness (QED) is 0.0190. The summed E-state index contributed by atoms with van der Waals surface area (Å²) in [4.78, 5) is 87.6. The summed E-state index contributed by atoms with van der Waals surface area (Å²) in [5.41, 5.74) is 19.1. The van der Waals surface area contributed by atoms with Crippen molar-refractivity contribution >= 4 is 118 Å². The van der Waals surface area contributed by atoms with E-state index in [2.05, 4.69) is 215 Å². The van der Waals surface area contributed by atoms with Crippen molar-refractivity contribution in [2.45, 2.75) is 13.8 Å². The van der Waals surface area contributed by atoms with E-state index in [-0.39, 0.29) is 39.0 Å². The zero-order valence-electron chi connectivity index (χ0n) is 76.4. The van der Waals surface area contributed by atoms with Gasteiger partial charge in [-0.3, -0.25) is 80.0 Å². The molecule has 0 fully saturated rings. The molecule has 0 bridgehead atoms. The van der Waals surface area contributed by atoms with E-state index in [0.717, 1.165) is 169 Å². The average Bonchev–Trinajstić information content (AvgIpc) is 0.802. The molecule has 782 valence electrons. The average molecular weight is 2330 g/mol. The molecule has 14 heterocycles. The standard InChI is InChI=1S/2C21H15N3.4C12H8N2.C4H10O2.2CH3NO2.4F6P.2Ru/c2*1-2-8-16(9-3-1)17-14-20(18-10-4-6-12-22-18)24-21(15-17)19-11-5-7-13-23-19;4*1-3-9-5-6-10-4-2-8-14-12(10)11(9)13-7-1;1-3-5-6-4-2;2*1-2(3)4;4*1-7(2,3,4,5)6;;/h2*1-15H;4*1-8H;3-4H2,1-2H3;2*1H3;;;;;;/q;;;;;;;;;4*-1;2*+2. The minimum atomic E-state index is -10.7. The van der Waals surface area contributed by atoms with Crippen LogP contribution in [0.5, 0.6) is 0 Å². The molecule has 20 rings (SSSR count). The van der Waals surface area contributed by atoms with Crippen LogP contribution in [0.3, 0.4) is 0 Å². The van der Waals surface area contributed by atoms with Crippen molar-refractivity contribution in [3.63, 3.8) is 0 Å². The molecule has 0 N–H and O–H groups in total. The number of aromatic nitrogens is 14. The van der Waals surface area contributed by atoms with E-state index in [4.69, 9.17) is 30.2 Å². The van der Waals surface area contributed by atoms with E-state index in [0.29, 0.717) is 13.2 Å². The van der Waals surface area contributed by atoms with Crippen LogP contribution < -0.4 is 0 Å². The van der Waals surface area contributed by atoms with Crippen molar-refractivity contribution in [1.29, 1.82) is 0 Å². The molecule has 14 aromatic heterocycles. The minimum absolute atomic E-state index is 0. The Kier molecular flexibility index (Phi) is 40.7. The predicted octanol–water partition coefficient (Wildman–Crippen LogP) is 35.2. The fourth-order valence-corrected chi connectivity index (χ4v) is 12.1. The van der Waals surface area contributed by atoms with Crippen LogP contribution in [0.15, 0.2) is 378 Å². The Morgan fingerprint density at radius 2 is 0.351 bits per heavy atom. The topological polar surface area (TPSA) is 285 Å². The Morgan fingerprint density at radius 3 is 0.486 bits per heavy atom. The number of benzene rings is 6. The Bertz CT molecular complexity index is 6480. The summed E-state index contributed by atoms with van der Waals surface area (Å²) < 4.78 is 237. The normalized spacial score (nSPS) is 12.6. The summed E-state index contributed by atoms with van der Waals surface area (Å²) in [6.07, 6.45) is 21.6. The van der Waals surface area contributed by atoms with E-state index in [1.165, 1.54) is 0 Å². The van der Waals surface area contributed by atoms with Crippen LogP contribution >= 0.6 is 31.2 Å². The van der Waals surface area contributed by atoms with E-state index < -0.39 is 41.1 Å². The number of hydrogen-bond acceptors (Lipinski definition) is 20. The van der Waals surface area contributed by atoms with Gasteiger partial charge in [0.25, 0.3) is 0 Å². The molecule has 148 heavy (non-hydrogen) atoms. The second-order valence-corrected chi connectivity index (χ2v) is 36.9. The van der Waals surface area contributed by atoms with Crippen LogP contribution in [-0.2, 0) is 48.7 Å². The summed E-state index contributed by atoms with van der Waals surface area (Å²) in [5, 5.41) is 26.7. The molecule has 0 radical (unpaired) electrons. The van der Waals surface area contributed by atoms with Crippen molar-refractivity contribution in [2.24, 2.45) is 0 Å². The molecule has 0 aliphatic carbocycles. The van der Waals surface area contributed by atoms with Gasteiger partial charge in [0, 0.05) is 127 Å². The summed E-state index contributed by atoms with van der Waals surface area (Å²) >= 11 is 0. The smallest absolute Gasteiger partial charge is 0.255 e. The number of nitrogens with zero attached hydrogens (tertiary/aromatic N) is 16. The van der Waals surface area contributed by atoms with Crippen LogP contribution in [0.1, 0.15) is 13.8 Å². The number of nitro groups is 2. The molecule has 0 unspecified atom stereocenters. The number of hydrogen-bond donors (Lipinski definition) is 0. The third-order valence-electron chi connectivity index (χ3n) is 17.3. The summed E-state index contributed by atoms with van der Waals surface area (Å²) in [5.74, 6) is 0. The summed E-state index contributed by atoms with van der Waals surface area (Å²) in [6.45, 7) is 5.03. The van der Waals surface area contributed by atoms with Gasteiger partial charge in [0.1, 0.15) is 0 Å². The summed E-state index contributed by atoms with van der Waals surface area (Å²) in [7, 11) is -40.9. The fourth-order valence-electron chi connectivity index (χ4n) is 12.1. The van der Waals surface area contributed by atoms with E-state index in [1.807, 2.05) is 172 Å². The van der Waals surface area contributed by atoms with Gasteiger partial charge < -0.3 is 0 Å². The van der Waals surface area contributed by atoms with Gasteiger partial charge >= 0.3 is 171 Å². The molecule has 22 nitrogen and oxygen atoms in total. The molecule has 0 amide bonds. The van der Waals surface area contributed by atoms with Gasteiger partial charge in [0.2, 0.25) is 0 Å². The van der Waals surface area contributed by atoms with Gasteiger partial charge in [0.05, 0.1) is 103 Å². The molecule has 0 saturated carbocycles. The maximum absolute atomic E-state index is 10.7. The van der Waals surface area contributed by atoms with E-state index in [9.17, 15) is 101 Å². The van der Waals surface area contributed by atoms with Crippen molar-refractivity contribution in [3.8, 4) is 67.8 Å². The van der Waals surface area contributed by atoms with Crippen LogP contribution in [0, 0.1) is 20.2 Å². The van der Waals surface area contributed by atoms with Crippen molar-refractivity contribution in [2.75, 3.05) is 27.3 Å². The molecular formula is C96H78F24N16O6P4Ru2. The Balaban J connectivity index is 0.000000254. The third kappa shape index (κ3) is 51.5. The Labute approximate surface area is 849 Å². The van der Waals surface area contributed by atoms with Gasteiger partial charge in [-0.05, 0) is 157 Å². The maximum atomic E-state index is 9.87. The van der Waals surface area contributed by atoms with Crippen molar-refractivity contribution < 1.29 is 159 Å². The molecule has 0 aliphatic rings. The molecule has 20 aromatic rings. The largest absolute Gasteiger partial charge is 2.00 e. The minimum Gasteiger partial charge on any atom is -0.255 e. The first-order valence-corrected chi connectivity index (χ1v) is 49.7. The first-order chi connectivity index (χ1) is 67.8. The molecule has 6 aromatic carbocycles. The van der Waals surface area contributed by atoms with E-state index in [1.54, 1.807) is 74.4 Å². The fraction of sp³-hybridized carbons (Fsp3) is 0.0625. The van der Waals surface area contributed by atoms with Crippen LogP contribution in [0.4, 0.5) is 101 Å². The molecule has 0 saturated heterocycles. The van der Waals surface area contributed by atoms with Crippen LogP contribution in [0.2, 0.25) is 0 Å². The van der Waals surface area contributed by atoms with Gasteiger partial charge in [-0.25, -0.2) is 19.7 Å².